The fourth-order valence-corrected chi connectivity index (χ4v) is 2.30. The number of carbonyl (C=O) groups excluding carboxylic acids is 1. The molecule has 4 nitrogen and oxygen atoms in total. The van der Waals surface area contributed by atoms with Crippen molar-refractivity contribution in [2.45, 2.75) is 13.5 Å². The van der Waals surface area contributed by atoms with E-state index in [1.54, 1.807) is 42.5 Å². The van der Waals surface area contributed by atoms with E-state index < -0.39 is 0 Å². The number of benzene rings is 2. The van der Waals surface area contributed by atoms with Crippen LogP contribution in [0.4, 0.5) is 5.69 Å². The largest absolute Gasteiger partial charge is 0.493 e. The van der Waals surface area contributed by atoms with E-state index in [2.05, 4.69) is 21.2 Å². The van der Waals surface area contributed by atoms with Crippen molar-refractivity contribution in [3.63, 3.8) is 0 Å². The molecule has 0 heterocycles. The first-order valence-corrected chi connectivity index (χ1v) is 7.37. The van der Waals surface area contributed by atoms with Crippen molar-refractivity contribution in [2.24, 2.45) is 0 Å². The Balaban J connectivity index is 2.10. The minimum Gasteiger partial charge on any atom is -0.493 e. The van der Waals surface area contributed by atoms with Crippen molar-refractivity contribution >= 4 is 27.5 Å². The molecule has 2 rings (SSSR count). The number of carbonyl (C=O) groups is 1. The number of nitrogens with one attached hydrogen (secondary N) is 1. The Bertz CT molecular complexity index is 626. The first kappa shape index (κ1) is 15.5. The predicted octanol–water partition coefficient (Wildman–Crippen LogP) is 3.59. The van der Waals surface area contributed by atoms with E-state index in [4.69, 9.17) is 9.84 Å². The minimum absolute atomic E-state index is 0.0138. The van der Waals surface area contributed by atoms with E-state index in [0.717, 1.165) is 10.0 Å². The highest BCUT2D eigenvalue weighted by Crippen LogP contribution is 2.26. The molecule has 2 N–H and O–H groups in total. The zero-order valence-corrected chi connectivity index (χ0v) is 13.2. The Hall–Kier alpha value is -1.85. The van der Waals surface area contributed by atoms with E-state index in [1.807, 2.05) is 6.92 Å². The van der Waals surface area contributed by atoms with Gasteiger partial charge in [0, 0.05) is 11.3 Å². The highest BCUT2D eigenvalue weighted by molar-refractivity contribution is 9.10. The number of rotatable bonds is 5. The summed E-state index contributed by atoms with van der Waals surface area (Å²) in [6.45, 7) is 2.46. The highest BCUT2D eigenvalue weighted by Gasteiger charge is 2.09. The zero-order chi connectivity index (χ0) is 15.2. The highest BCUT2D eigenvalue weighted by atomic mass is 79.9. The van der Waals surface area contributed by atoms with Crippen molar-refractivity contribution in [3.8, 4) is 5.75 Å². The maximum Gasteiger partial charge on any atom is 0.255 e. The van der Waals surface area contributed by atoms with Gasteiger partial charge in [0.15, 0.2) is 0 Å². The van der Waals surface area contributed by atoms with Crippen LogP contribution >= 0.6 is 15.9 Å². The lowest BCUT2D eigenvalue weighted by Crippen LogP contribution is -2.12. The normalized spacial score (nSPS) is 10.2. The van der Waals surface area contributed by atoms with Crippen molar-refractivity contribution in [3.05, 3.63) is 58.1 Å². The second kappa shape index (κ2) is 7.24. The van der Waals surface area contributed by atoms with Crippen LogP contribution < -0.4 is 10.1 Å². The summed E-state index contributed by atoms with van der Waals surface area (Å²) in [7, 11) is 0. The van der Waals surface area contributed by atoms with Gasteiger partial charge in [-0.15, -0.1) is 0 Å². The summed E-state index contributed by atoms with van der Waals surface area (Å²) in [5, 5.41) is 11.8. The number of aliphatic hydroxyl groups is 1. The fraction of sp³-hybridized carbons (Fsp3) is 0.188. The molecule has 0 unspecified atom stereocenters. The Labute approximate surface area is 131 Å². The molecule has 0 aliphatic carbocycles. The summed E-state index contributed by atoms with van der Waals surface area (Å²) in [6, 6.07) is 12.3. The molecule has 110 valence electrons. The monoisotopic (exact) mass is 349 g/mol. The molecule has 0 spiro atoms. The second-order valence-corrected chi connectivity index (χ2v) is 5.24. The first-order chi connectivity index (χ1) is 10.1. The van der Waals surface area contributed by atoms with Crippen LogP contribution in [0.25, 0.3) is 0 Å². The average molecular weight is 350 g/mol. The molecule has 5 heteroatoms. The number of hydrogen-bond acceptors (Lipinski definition) is 3. The lowest BCUT2D eigenvalue weighted by Gasteiger charge is -2.09. The lowest BCUT2D eigenvalue weighted by molar-refractivity contribution is 0.102. The number of amides is 1. The van der Waals surface area contributed by atoms with Gasteiger partial charge in [-0.1, -0.05) is 12.1 Å². The van der Waals surface area contributed by atoms with E-state index in [1.165, 1.54) is 0 Å². The van der Waals surface area contributed by atoms with Crippen LogP contribution in [-0.2, 0) is 6.61 Å². The van der Waals surface area contributed by atoms with Crippen molar-refractivity contribution in [1.82, 2.24) is 0 Å². The maximum atomic E-state index is 12.2. The first-order valence-electron chi connectivity index (χ1n) is 6.57. The number of halogens is 1. The third-order valence-corrected chi connectivity index (χ3v) is 3.51. The van der Waals surface area contributed by atoms with Crippen molar-refractivity contribution in [2.75, 3.05) is 11.9 Å². The zero-order valence-electron chi connectivity index (χ0n) is 11.6. The maximum absolute atomic E-state index is 12.2. The Kier molecular flexibility index (Phi) is 5.36. The number of anilines is 1. The topological polar surface area (TPSA) is 58.6 Å². The molecule has 0 saturated carbocycles. The SMILES string of the molecule is CCOc1ccc(C(=O)Nc2ccc(CO)cc2)cc1Br. The summed E-state index contributed by atoms with van der Waals surface area (Å²) in [6.07, 6.45) is 0. The minimum atomic E-state index is -0.199. The van der Waals surface area contributed by atoms with Crippen molar-refractivity contribution in [1.29, 1.82) is 0 Å². The van der Waals surface area contributed by atoms with Gasteiger partial charge in [-0.05, 0) is 58.7 Å². The smallest absolute Gasteiger partial charge is 0.255 e. The van der Waals surface area contributed by atoms with Crippen LogP contribution in [0.15, 0.2) is 46.9 Å². The molecular weight excluding hydrogens is 334 g/mol. The average Bonchev–Trinajstić information content (AvgIpc) is 2.50. The molecule has 21 heavy (non-hydrogen) atoms. The molecule has 0 atom stereocenters. The Morgan fingerprint density at radius 3 is 2.52 bits per heavy atom. The van der Waals surface area contributed by atoms with Crippen LogP contribution in [0.1, 0.15) is 22.8 Å². The van der Waals surface area contributed by atoms with Crippen LogP contribution in [-0.4, -0.2) is 17.6 Å². The second-order valence-electron chi connectivity index (χ2n) is 4.39. The van der Waals surface area contributed by atoms with Crippen LogP contribution in [0.3, 0.4) is 0 Å². The summed E-state index contributed by atoms with van der Waals surface area (Å²) in [5.74, 6) is 0.511. The molecule has 1 amide bonds. The van der Waals surface area contributed by atoms with Gasteiger partial charge in [-0.2, -0.15) is 0 Å². The molecule has 0 radical (unpaired) electrons. The van der Waals surface area contributed by atoms with Crippen LogP contribution in [0.5, 0.6) is 5.75 Å². The van der Waals surface area contributed by atoms with E-state index in [9.17, 15) is 4.79 Å². The van der Waals surface area contributed by atoms with Gasteiger partial charge >= 0.3 is 0 Å². The predicted molar refractivity (Wildman–Crippen MR) is 85.6 cm³/mol. The lowest BCUT2D eigenvalue weighted by atomic mass is 10.2. The van der Waals surface area contributed by atoms with Gasteiger partial charge in [0.2, 0.25) is 0 Å². The van der Waals surface area contributed by atoms with Gasteiger partial charge in [0.1, 0.15) is 5.75 Å². The van der Waals surface area contributed by atoms with Crippen molar-refractivity contribution < 1.29 is 14.6 Å². The molecule has 0 saturated heterocycles. The number of hydrogen-bond donors (Lipinski definition) is 2. The molecular formula is C16H16BrNO3. The molecule has 0 aliphatic rings. The van der Waals surface area contributed by atoms with Crippen LogP contribution in [0.2, 0.25) is 0 Å². The molecule has 0 bridgehead atoms. The fourth-order valence-electron chi connectivity index (χ4n) is 1.81. The third-order valence-electron chi connectivity index (χ3n) is 2.89. The van der Waals surface area contributed by atoms with Gasteiger partial charge in [0.25, 0.3) is 5.91 Å². The molecule has 0 aromatic heterocycles. The van der Waals surface area contributed by atoms with Gasteiger partial charge in [-0.25, -0.2) is 0 Å². The van der Waals surface area contributed by atoms with E-state index in [-0.39, 0.29) is 12.5 Å². The van der Waals surface area contributed by atoms with Gasteiger partial charge in [0.05, 0.1) is 17.7 Å². The van der Waals surface area contributed by atoms with Crippen LogP contribution in [0, 0.1) is 0 Å². The number of aliphatic hydroxyl groups excluding tert-OH is 1. The molecule has 2 aromatic carbocycles. The van der Waals surface area contributed by atoms with Gasteiger partial charge < -0.3 is 15.2 Å². The number of ether oxygens (including phenoxy) is 1. The summed E-state index contributed by atoms with van der Waals surface area (Å²) >= 11 is 3.39. The van der Waals surface area contributed by atoms with Gasteiger partial charge in [-0.3, -0.25) is 4.79 Å². The summed E-state index contributed by atoms with van der Waals surface area (Å²) < 4.78 is 6.16. The Morgan fingerprint density at radius 2 is 1.95 bits per heavy atom. The molecule has 0 aliphatic heterocycles. The van der Waals surface area contributed by atoms with E-state index >= 15 is 0 Å². The third kappa shape index (κ3) is 4.06. The quantitative estimate of drug-likeness (QED) is 0.866. The van der Waals surface area contributed by atoms with E-state index in [0.29, 0.717) is 23.6 Å². The summed E-state index contributed by atoms with van der Waals surface area (Å²) in [5.41, 5.74) is 2.02. The molecule has 2 aromatic rings. The molecule has 0 fully saturated rings. The Morgan fingerprint density at radius 1 is 1.24 bits per heavy atom. The summed E-state index contributed by atoms with van der Waals surface area (Å²) in [4.78, 5) is 12.2. The standard InChI is InChI=1S/C16H16BrNO3/c1-2-21-15-8-5-12(9-14(15)17)16(20)18-13-6-3-11(10-19)4-7-13/h3-9,19H,2,10H2,1H3,(H,18,20).